The van der Waals surface area contributed by atoms with Crippen LogP contribution in [0.25, 0.3) is 0 Å². The third kappa shape index (κ3) is 3.95. The van der Waals surface area contributed by atoms with E-state index in [1.54, 1.807) is 38.5 Å². The second kappa shape index (κ2) is 7.21. The fourth-order valence-corrected chi connectivity index (χ4v) is 2.30. The van der Waals surface area contributed by atoms with Crippen LogP contribution in [0.3, 0.4) is 0 Å². The fraction of sp³-hybridized carbons (Fsp3) is 0.278. The van der Waals surface area contributed by atoms with Crippen molar-refractivity contribution in [3.63, 3.8) is 0 Å². The molecule has 0 fully saturated rings. The van der Waals surface area contributed by atoms with E-state index in [4.69, 9.17) is 9.47 Å². The van der Waals surface area contributed by atoms with E-state index >= 15 is 0 Å². The predicted molar refractivity (Wildman–Crippen MR) is 91.1 cm³/mol. The maximum Gasteiger partial charge on any atom is 0.320 e. The molecule has 24 heavy (non-hydrogen) atoms. The zero-order valence-electron chi connectivity index (χ0n) is 14.1. The Morgan fingerprint density at radius 3 is 2.33 bits per heavy atom. The Bertz CT molecular complexity index is 732. The lowest BCUT2D eigenvalue weighted by atomic mass is 9.94. The van der Waals surface area contributed by atoms with E-state index in [9.17, 15) is 9.18 Å². The topological polar surface area (TPSA) is 59.6 Å². The Morgan fingerprint density at radius 1 is 1.04 bits per heavy atom. The van der Waals surface area contributed by atoms with Crippen molar-refractivity contribution in [1.29, 1.82) is 0 Å². The molecule has 2 amide bonds. The van der Waals surface area contributed by atoms with E-state index in [0.717, 1.165) is 5.56 Å². The molecule has 0 spiro atoms. The molecule has 0 atom stereocenters. The summed E-state index contributed by atoms with van der Waals surface area (Å²) >= 11 is 0. The van der Waals surface area contributed by atoms with Crippen LogP contribution in [0.15, 0.2) is 42.5 Å². The zero-order chi connectivity index (χ0) is 17.7. The molecule has 2 rings (SSSR count). The van der Waals surface area contributed by atoms with E-state index in [2.05, 4.69) is 10.6 Å². The van der Waals surface area contributed by atoms with Crippen LogP contribution in [-0.2, 0) is 5.54 Å². The highest BCUT2D eigenvalue weighted by molar-refractivity contribution is 5.89. The molecule has 0 unspecified atom stereocenters. The molecule has 2 aromatic rings. The fourth-order valence-electron chi connectivity index (χ4n) is 2.30. The molecule has 5 nitrogen and oxygen atoms in total. The lowest BCUT2D eigenvalue weighted by Crippen LogP contribution is -2.43. The summed E-state index contributed by atoms with van der Waals surface area (Å²) in [6.45, 7) is 3.68. The summed E-state index contributed by atoms with van der Waals surface area (Å²) in [5, 5.41) is 5.33. The van der Waals surface area contributed by atoms with Gasteiger partial charge in [0.05, 0.1) is 25.4 Å². The summed E-state index contributed by atoms with van der Waals surface area (Å²) in [7, 11) is 3.11. The zero-order valence-corrected chi connectivity index (χ0v) is 14.1. The first-order chi connectivity index (χ1) is 11.4. The molecule has 0 heterocycles. The molecular formula is C18H21FN2O3. The number of halogens is 1. The third-order valence-electron chi connectivity index (χ3n) is 3.65. The Hall–Kier alpha value is -2.76. The molecule has 0 aromatic heterocycles. The number of anilines is 1. The SMILES string of the molecule is COc1ccc(C(C)(C)NC(=O)Nc2ccccc2F)cc1OC. The van der Waals surface area contributed by atoms with Crippen molar-refractivity contribution in [2.75, 3.05) is 19.5 Å². The highest BCUT2D eigenvalue weighted by Gasteiger charge is 2.24. The van der Waals surface area contributed by atoms with Gasteiger partial charge in [0.1, 0.15) is 5.82 Å². The maximum atomic E-state index is 13.6. The standard InChI is InChI=1S/C18H21FN2O3/c1-18(2,12-9-10-15(23-3)16(11-12)24-4)21-17(22)20-14-8-6-5-7-13(14)19/h5-11H,1-4H3,(H2,20,21,22). The minimum atomic E-state index is -0.700. The van der Waals surface area contributed by atoms with Gasteiger partial charge in [-0.05, 0) is 43.7 Å². The molecule has 0 aliphatic rings. The number of para-hydroxylation sites is 1. The number of hydrogen-bond acceptors (Lipinski definition) is 3. The number of benzene rings is 2. The van der Waals surface area contributed by atoms with E-state index in [-0.39, 0.29) is 5.69 Å². The molecule has 6 heteroatoms. The van der Waals surface area contributed by atoms with Gasteiger partial charge in [-0.3, -0.25) is 0 Å². The van der Waals surface area contributed by atoms with Gasteiger partial charge < -0.3 is 20.1 Å². The van der Waals surface area contributed by atoms with Crippen molar-refractivity contribution >= 4 is 11.7 Å². The van der Waals surface area contributed by atoms with Crippen molar-refractivity contribution in [3.05, 3.63) is 53.8 Å². The van der Waals surface area contributed by atoms with Gasteiger partial charge in [-0.25, -0.2) is 9.18 Å². The molecule has 0 saturated heterocycles. The highest BCUT2D eigenvalue weighted by atomic mass is 19.1. The number of amides is 2. The van der Waals surface area contributed by atoms with Crippen molar-refractivity contribution in [3.8, 4) is 11.5 Å². The molecule has 0 aliphatic carbocycles. The van der Waals surface area contributed by atoms with Crippen LogP contribution in [0, 0.1) is 5.82 Å². The van der Waals surface area contributed by atoms with Crippen LogP contribution in [0.5, 0.6) is 11.5 Å². The second-order valence-corrected chi connectivity index (χ2v) is 5.75. The average Bonchev–Trinajstić information content (AvgIpc) is 2.55. The van der Waals surface area contributed by atoms with Gasteiger partial charge in [-0.1, -0.05) is 18.2 Å². The minimum absolute atomic E-state index is 0.123. The van der Waals surface area contributed by atoms with Gasteiger partial charge in [0.25, 0.3) is 0 Å². The lowest BCUT2D eigenvalue weighted by Gasteiger charge is -2.27. The van der Waals surface area contributed by atoms with E-state index in [0.29, 0.717) is 11.5 Å². The molecule has 0 bridgehead atoms. The normalized spacial score (nSPS) is 10.9. The van der Waals surface area contributed by atoms with Crippen molar-refractivity contribution < 1.29 is 18.7 Å². The smallest absolute Gasteiger partial charge is 0.320 e. The summed E-state index contributed by atoms with van der Waals surface area (Å²) in [5.41, 5.74) is 0.247. The van der Waals surface area contributed by atoms with Crippen molar-refractivity contribution in [2.45, 2.75) is 19.4 Å². The number of nitrogens with one attached hydrogen (secondary N) is 2. The second-order valence-electron chi connectivity index (χ2n) is 5.75. The monoisotopic (exact) mass is 332 g/mol. The van der Waals surface area contributed by atoms with Gasteiger partial charge in [0.2, 0.25) is 0 Å². The summed E-state index contributed by atoms with van der Waals surface area (Å²) in [4.78, 5) is 12.2. The molecule has 0 radical (unpaired) electrons. The van der Waals surface area contributed by atoms with Crippen LogP contribution in [0.1, 0.15) is 19.4 Å². The van der Waals surface area contributed by atoms with E-state index < -0.39 is 17.4 Å². The number of urea groups is 1. The van der Waals surface area contributed by atoms with Crippen LogP contribution in [-0.4, -0.2) is 20.3 Å². The van der Waals surface area contributed by atoms with Crippen molar-refractivity contribution in [1.82, 2.24) is 5.32 Å². The number of hydrogen-bond donors (Lipinski definition) is 2. The van der Waals surface area contributed by atoms with Gasteiger partial charge in [-0.15, -0.1) is 0 Å². The minimum Gasteiger partial charge on any atom is -0.493 e. The van der Waals surface area contributed by atoms with Crippen LogP contribution in [0.4, 0.5) is 14.9 Å². The Balaban J connectivity index is 2.15. The number of methoxy groups -OCH3 is 2. The Kier molecular flexibility index (Phi) is 5.28. The Morgan fingerprint density at radius 2 is 1.71 bits per heavy atom. The number of rotatable bonds is 5. The third-order valence-corrected chi connectivity index (χ3v) is 3.65. The van der Waals surface area contributed by atoms with Gasteiger partial charge in [0.15, 0.2) is 11.5 Å². The average molecular weight is 332 g/mol. The van der Waals surface area contributed by atoms with E-state index in [1.165, 1.54) is 12.1 Å². The van der Waals surface area contributed by atoms with Crippen LogP contribution >= 0.6 is 0 Å². The van der Waals surface area contributed by atoms with Gasteiger partial charge in [0, 0.05) is 0 Å². The molecule has 2 N–H and O–H groups in total. The van der Waals surface area contributed by atoms with Gasteiger partial charge in [-0.2, -0.15) is 0 Å². The van der Waals surface area contributed by atoms with Crippen molar-refractivity contribution in [2.24, 2.45) is 0 Å². The number of ether oxygens (including phenoxy) is 2. The predicted octanol–water partition coefficient (Wildman–Crippen LogP) is 3.90. The summed E-state index contributed by atoms with van der Waals surface area (Å²) < 4.78 is 24.1. The molecule has 2 aromatic carbocycles. The largest absolute Gasteiger partial charge is 0.493 e. The first-order valence-corrected chi connectivity index (χ1v) is 7.43. The summed E-state index contributed by atoms with van der Waals surface area (Å²) in [6.07, 6.45) is 0. The Labute approximate surface area is 140 Å². The summed E-state index contributed by atoms with van der Waals surface area (Å²) in [6, 6.07) is 10.9. The van der Waals surface area contributed by atoms with E-state index in [1.807, 2.05) is 19.9 Å². The van der Waals surface area contributed by atoms with Gasteiger partial charge >= 0.3 is 6.03 Å². The first kappa shape index (κ1) is 17.6. The van der Waals surface area contributed by atoms with Crippen LogP contribution < -0.4 is 20.1 Å². The quantitative estimate of drug-likeness (QED) is 0.873. The molecule has 0 aliphatic heterocycles. The first-order valence-electron chi connectivity index (χ1n) is 7.43. The number of carbonyl (C=O) groups excluding carboxylic acids is 1. The molecule has 128 valence electrons. The number of carbonyl (C=O) groups is 1. The maximum absolute atomic E-state index is 13.6. The molecular weight excluding hydrogens is 311 g/mol. The lowest BCUT2D eigenvalue weighted by molar-refractivity contribution is 0.241. The highest BCUT2D eigenvalue weighted by Crippen LogP contribution is 2.32. The van der Waals surface area contributed by atoms with Crippen LogP contribution in [0.2, 0.25) is 0 Å². The summed E-state index contributed by atoms with van der Waals surface area (Å²) in [5.74, 6) is 0.684. The molecule has 0 saturated carbocycles.